The van der Waals surface area contributed by atoms with Crippen molar-refractivity contribution < 1.29 is 14.6 Å². The van der Waals surface area contributed by atoms with Gasteiger partial charge in [-0.25, -0.2) is 14.8 Å². The molecule has 0 amide bonds. The molecule has 3 aromatic rings. The van der Waals surface area contributed by atoms with E-state index in [1.807, 2.05) is 42.6 Å². The zero-order valence-electron chi connectivity index (χ0n) is 16.9. The number of methoxy groups -OCH3 is 1. The first-order valence-electron chi connectivity index (χ1n) is 9.17. The number of aryl methyl sites for hydroxylation is 2. The standard InChI is InChI=1S/C20H24ClN5O3/c1-12-15(8-9-16(22-12)25(2)3)23-20-24-17-14(21)7-6-13(19(28)29-4)18(17)26(20)10-5-11-27/h6-9,27H,5,10-11H2,1-4H3,(H,23,24). The van der Waals surface area contributed by atoms with Gasteiger partial charge in [-0.05, 0) is 37.6 Å². The second kappa shape index (κ2) is 8.67. The van der Waals surface area contributed by atoms with Crippen LogP contribution >= 0.6 is 11.6 Å². The van der Waals surface area contributed by atoms with Crippen LogP contribution in [-0.2, 0) is 11.3 Å². The Balaban J connectivity index is 2.14. The van der Waals surface area contributed by atoms with Crippen LogP contribution in [0.2, 0.25) is 5.02 Å². The molecule has 9 heteroatoms. The van der Waals surface area contributed by atoms with Gasteiger partial charge in [-0.2, -0.15) is 0 Å². The molecule has 0 spiro atoms. The Morgan fingerprint density at radius 2 is 2.03 bits per heavy atom. The van der Waals surface area contributed by atoms with Crippen molar-refractivity contribution in [2.75, 3.05) is 38.0 Å². The van der Waals surface area contributed by atoms with Crippen molar-refractivity contribution in [3.8, 4) is 0 Å². The first kappa shape index (κ1) is 20.9. The van der Waals surface area contributed by atoms with Gasteiger partial charge in [-0.1, -0.05) is 11.6 Å². The molecule has 0 aliphatic rings. The zero-order chi connectivity index (χ0) is 21.1. The number of nitrogens with zero attached hydrogens (tertiary/aromatic N) is 4. The molecule has 0 atom stereocenters. The third-order valence-corrected chi connectivity index (χ3v) is 4.87. The van der Waals surface area contributed by atoms with E-state index in [0.717, 1.165) is 17.2 Å². The maximum Gasteiger partial charge on any atom is 0.340 e. The predicted octanol–water partition coefficient (Wildman–Crippen LogP) is 3.37. The largest absolute Gasteiger partial charge is 0.465 e. The molecule has 1 aromatic carbocycles. The molecule has 2 heterocycles. The Morgan fingerprint density at radius 3 is 2.66 bits per heavy atom. The van der Waals surface area contributed by atoms with Crippen LogP contribution in [0.4, 0.5) is 17.5 Å². The van der Waals surface area contributed by atoms with E-state index in [2.05, 4.69) is 15.3 Å². The number of nitrogens with one attached hydrogen (secondary N) is 1. The van der Waals surface area contributed by atoms with E-state index in [0.29, 0.717) is 40.5 Å². The molecule has 0 bridgehead atoms. The lowest BCUT2D eigenvalue weighted by Gasteiger charge is -2.15. The maximum atomic E-state index is 12.3. The lowest BCUT2D eigenvalue weighted by atomic mass is 10.2. The fraction of sp³-hybridized carbons (Fsp3) is 0.350. The average Bonchev–Trinajstić information content (AvgIpc) is 3.06. The number of hydrogen-bond acceptors (Lipinski definition) is 7. The molecule has 0 fully saturated rings. The van der Waals surface area contributed by atoms with Crippen molar-refractivity contribution in [1.29, 1.82) is 0 Å². The van der Waals surface area contributed by atoms with Crippen molar-refractivity contribution in [3.63, 3.8) is 0 Å². The summed E-state index contributed by atoms with van der Waals surface area (Å²) in [5.74, 6) is 0.878. The van der Waals surface area contributed by atoms with Gasteiger partial charge in [-0.15, -0.1) is 0 Å². The van der Waals surface area contributed by atoms with Crippen molar-refractivity contribution in [2.45, 2.75) is 19.9 Å². The van der Waals surface area contributed by atoms with Gasteiger partial charge in [0.25, 0.3) is 0 Å². The number of aliphatic hydroxyl groups excluding tert-OH is 1. The molecular weight excluding hydrogens is 394 g/mol. The van der Waals surface area contributed by atoms with Crippen LogP contribution in [0.1, 0.15) is 22.5 Å². The molecule has 0 radical (unpaired) electrons. The minimum absolute atomic E-state index is 0.00531. The van der Waals surface area contributed by atoms with E-state index in [1.165, 1.54) is 7.11 Å². The number of fused-ring (bicyclic) bond motifs is 1. The summed E-state index contributed by atoms with van der Waals surface area (Å²) in [6.07, 6.45) is 0.490. The summed E-state index contributed by atoms with van der Waals surface area (Å²) < 4.78 is 6.75. The molecular formula is C20H24ClN5O3. The number of carbonyl (C=O) groups excluding carboxylic acids is 1. The summed E-state index contributed by atoms with van der Waals surface area (Å²) in [6, 6.07) is 7.08. The van der Waals surface area contributed by atoms with Crippen molar-refractivity contribution in [2.24, 2.45) is 0 Å². The first-order valence-corrected chi connectivity index (χ1v) is 9.55. The van der Waals surface area contributed by atoms with Crippen molar-refractivity contribution >= 4 is 46.1 Å². The van der Waals surface area contributed by atoms with Gasteiger partial charge in [-0.3, -0.25) is 0 Å². The molecule has 154 valence electrons. The number of carbonyl (C=O) groups is 1. The highest BCUT2D eigenvalue weighted by Crippen LogP contribution is 2.32. The Kier molecular flexibility index (Phi) is 6.24. The molecule has 29 heavy (non-hydrogen) atoms. The van der Waals surface area contributed by atoms with E-state index in [-0.39, 0.29) is 6.61 Å². The molecule has 0 aliphatic carbocycles. The third-order valence-electron chi connectivity index (χ3n) is 4.57. The number of aromatic nitrogens is 3. The normalized spacial score (nSPS) is 11.0. The quantitative estimate of drug-likeness (QED) is 0.569. The number of pyridine rings is 1. The number of benzene rings is 1. The second-order valence-electron chi connectivity index (χ2n) is 6.77. The van der Waals surface area contributed by atoms with Crippen LogP contribution in [0.25, 0.3) is 11.0 Å². The van der Waals surface area contributed by atoms with Gasteiger partial charge in [0.15, 0.2) is 0 Å². The van der Waals surface area contributed by atoms with Crippen LogP contribution in [0.5, 0.6) is 0 Å². The monoisotopic (exact) mass is 417 g/mol. The molecule has 0 unspecified atom stereocenters. The molecule has 3 rings (SSSR count). The topological polar surface area (TPSA) is 92.5 Å². The number of hydrogen-bond donors (Lipinski definition) is 2. The molecule has 0 aliphatic heterocycles. The first-order chi connectivity index (χ1) is 13.9. The Morgan fingerprint density at radius 1 is 1.28 bits per heavy atom. The number of imidazole rings is 1. The number of ether oxygens (including phenoxy) is 1. The van der Waals surface area contributed by atoms with Crippen LogP contribution in [0, 0.1) is 6.92 Å². The highest BCUT2D eigenvalue weighted by molar-refractivity contribution is 6.35. The van der Waals surface area contributed by atoms with E-state index < -0.39 is 5.97 Å². The summed E-state index contributed by atoms with van der Waals surface area (Å²) >= 11 is 6.36. The van der Waals surface area contributed by atoms with Crippen molar-refractivity contribution in [3.05, 3.63) is 40.5 Å². The third kappa shape index (κ3) is 4.13. The lowest BCUT2D eigenvalue weighted by molar-refractivity contribution is 0.0602. The average molecular weight is 418 g/mol. The van der Waals surface area contributed by atoms with Crippen LogP contribution in [0.15, 0.2) is 24.3 Å². The Labute approximate surface area is 174 Å². The van der Waals surface area contributed by atoms with E-state index in [9.17, 15) is 9.90 Å². The summed E-state index contributed by atoms with van der Waals surface area (Å²) in [5, 5.41) is 13.1. The molecule has 2 N–H and O–H groups in total. The Bertz CT molecular complexity index is 1050. The molecule has 2 aromatic heterocycles. The summed E-state index contributed by atoms with van der Waals surface area (Å²) in [7, 11) is 5.19. The van der Waals surface area contributed by atoms with Gasteiger partial charge in [0.2, 0.25) is 5.95 Å². The highest BCUT2D eigenvalue weighted by atomic mass is 35.5. The van der Waals surface area contributed by atoms with E-state index >= 15 is 0 Å². The van der Waals surface area contributed by atoms with Gasteiger partial charge in [0.1, 0.15) is 11.3 Å². The molecule has 8 nitrogen and oxygen atoms in total. The van der Waals surface area contributed by atoms with Gasteiger partial charge >= 0.3 is 5.97 Å². The highest BCUT2D eigenvalue weighted by Gasteiger charge is 2.21. The molecule has 0 saturated carbocycles. The summed E-state index contributed by atoms with van der Waals surface area (Å²) in [6.45, 7) is 2.36. The summed E-state index contributed by atoms with van der Waals surface area (Å²) in [5.41, 5.74) is 3.01. The fourth-order valence-electron chi connectivity index (χ4n) is 3.07. The fourth-order valence-corrected chi connectivity index (χ4v) is 3.27. The van der Waals surface area contributed by atoms with E-state index in [4.69, 9.17) is 16.3 Å². The van der Waals surface area contributed by atoms with Crippen LogP contribution in [0.3, 0.4) is 0 Å². The minimum atomic E-state index is -0.475. The maximum absolute atomic E-state index is 12.3. The minimum Gasteiger partial charge on any atom is -0.465 e. The summed E-state index contributed by atoms with van der Waals surface area (Å²) in [4.78, 5) is 23.4. The number of aliphatic hydroxyl groups is 1. The number of halogens is 1. The Hall–Kier alpha value is -2.84. The zero-order valence-corrected chi connectivity index (χ0v) is 17.6. The lowest BCUT2D eigenvalue weighted by Crippen LogP contribution is -2.12. The van der Waals surface area contributed by atoms with Crippen molar-refractivity contribution in [1.82, 2.24) is 14.5 Å². The van der Waals surface area contributed by atoms with Crippen LogP contribution < -0.4 is 10.2 Å². The van der Waals surface area contributed by atoms with Gasteiger partial charge in [0.05, 0.1) is 34.6 Å². The predicted molar refractivity (Wildman–Crippen MR) is 114 cm³/mol. The van der Waals surface area contributed by atoms with E-state index in [1.54, 1.807) is 12.1 Å². The van der Waals surface area contributed by atoms with Gasteiger partial charge < -0.3 is 24.6 Å². The molecule has 0 saturated heterocycles. The number of anilines is 3. The number of esters is 1. The smallest absolute Gasteiger partial charge is 0.340 e. The number of rotatable bonds is 7. The van der Waals surface area contributed by atoms with Gasteiger partial charge in [0, 0.05) is 27.2 Å². The SMILES string of the molecule is COC(=O)c1ccc(Cl)c2nc(Nc3ccc(N(C)C)nc3C)n(CCCO)c12. The second-order valence-corrected chi connectivity index (χ2v) is 7.18. The van der Waals surface area contributed by atoms with Crippen LogP contribution in [-0.4, -0.2) is 53.4 Å².